The lowest BCUT2D eigenvalue weighted by molar-refractivity contribution is -0.344. The Morgan fingerprint density at radius 1 is 1.53 bits per heavy atom. The number of hydrogen-bond acceptors (Lipinski definition) is 3. The van der Waals surface area contributed by atoms with Crippen LogP contribution < -0.4 is 5.11 Å². The number of aliphatic carboxylic acids is 1. The van der Waals surface area contributed by atoms with Gasteiger partial charge in [0, 0.05) is 5.02 Å². The molecule has 15 heavy (non-hydrogen) atoms. The highest BCUT2D eigenvalue weighted by atomic mass is 35.5. The largest absolute Gasteiger partial charge is 0.542 e. The molecular formula is C7H4ClF3N2O2-2. The highest BCUT2D eigenvalue weighted by molar-refractivity contribution is 6.30. The molecule has 0 unspecified atom stereocenters. The Balaban J connectivity index is 0.000000265. The Hall–Kier alpha value is -1.50. The molecule has 8 heteroatoms. The fourth-order valence-corrected chi connectivity index (χ4v) is 0.564. The molecule has 1 N–H and O–H groups in total. The zero-order valence-corrected chi connectivity index (χ0v) is 7.76. The summed E-state index contributed by atoms with van der Waals surface area (Å²) in [5.41, 5.74) is 6.94. The van der Waals surface area contributed by atoms with Gasteiger partial charge in [0.2, 0.25) is 0 Å². The molecule has 1 heterocycles. The minimum atomic E-state index is -5.19. The van der Waals surface area contributed by atoms with Crippen LogP contribution in [-0.2, 0) is 4.79 Å². The topological polar surface area (TPSA) is 76.8 Å². The second-order valence-corrected chi connectivity index (χ2v) is 2.58. The number of hydrogen-bond donors (Lipinski definition) is 0. The molecule has 0 atom stereocenters. The molecule has 1 aromatic heterocycles. The monoisotopic (exact) mass is 240 g/mol. The van der Waals surface area contributed by atoms with Crippen molar-refractivity contribution in [3.63, 3.8) is 0 Å². The molecule has 4 nitrogen and oxygen atoms in total. The van der Waals surface area contributed by atoms with Crippen LogP contribution in [0.3, 0.4) is 0 Å². The second kappa shape index (κ2) is 5.40. The molecule has 0 aliphatic carbocycles. The molecule has 1 rings (SSSR count). The summed E-state index contributed by atoms with van der Waals surface area (Å²) in [6.45, 7) is 0. The number of carboxylic acids is 1. The maximum Gasteiger partial charge on any atom is 0.430 e. The van der Waals surface area contributed by atoms with E-state index in [1.807, 2.05) is 0 Å². The average molecular weight is 241 g/mol. The fraction of sp³-hybridized carbons (Fsp3) is 0.143. The van der Waals surface area contributed by atoms with Crippen LogP contribution in [0.25, 0.3) is 5.73 Å². The van der Waals surface area contributed by atoms with Gasteiger partial charge in [-0.2, -0.15) is 13.2 Å². The van der Waals surface area contributed by atoms with Crippen LogP contribution in [0.2, 0.25) is 5.02 Å². The van der Waals surface area contributed by atoms with Crippen LogP contribution >= 0.6 is 11.6 Å². The minimum absolute atomic E-state index is 0.206. The summed E-state index contributed by atoms with van der Waals surface area (Å²) in [6.07, 6.45) is -3.69. The van der Waals surface area contributed by atoms with Crippen molar-refractivity contribution in [2.45, 2.75) is 6.18 Å². The lowest BCUT2D eigenvalue weighted by Crippen LogP contribution is -2.37. The third-order valence-electron chi connectivity index (χ3n) is 0.953. The van der Waals surface area contributed by atoms with E-state index in [1.165, 1.54) is 12.3 Å². The van der Waals surface area contributed by atoms with Crippen LogP contribution in [0, 0.1) is 0 Å². The van der Waals surface area contributed by atoms with Crippen LogP contribution in [0.15, 0.2) is 18.3 Å². The van der Waals surface area contributed by atoms with Gasteiger partial charge in [-0.05, 0) is 12.1 Å². The lowest BCUT2D eigenvalue weighted by Gasteiger charge is -2.03. The van der Waals surface area contributed by atoms with Crippen LogP contribution in [0.1, 0.15) is 0 Å². The van der Waals surface area contributed by atoms with Gasteiger partial charge in [-0.25, -0.2) is 0 Å². The first-order chi connectivity index (χ1) is 6.73. The molecular weight excluding hydrogens is 237 g/mol. The SMILES string of the molecule is O=C([O-])C(F)(F)F.[NH-]c1cc(Cl)ccn1. The maximum atomic E-state index is 10.5. The van der Waals surface area contributed by atoms with Crippen molar-refractivity contribution in [2.75, 3.05) is 0 Å². The van der Waals surface area contributed by atoms with Gasteiger partial charge in [-0.1, -0.05) is 23.6 Å². The van der Waals surface area contributed by atoms with Gasteiger partial charge in [0.05, 0.1) is 0 Å². The smallest absolute Gasteiger partial charge is 0.430 e. The van der Waals surface area contributed by atoms with Gasteiger partial charge in [0.15, 0.2) is 0 Å². The Morgan fingerprint density at radius 3 is 2.20 bits per heavy atom. The standard InChI is InChI=1S/C5H4ClN2.C2HF3O2/c6-4-1-2-8-5(7)3-4;3-2(4,5)1(6)7/h1-3H,(H-,7,8);(H,6,7)/q-1;/p-1. The van der Waals surface area contributed by atoms with E-state index < -0.39 is 12.1 Å². The summed E-state index contributed by atoms with van der Waals surface area (Å²) >= 11 is 5.48. The van der Waals surface area contributed by atoms with E-state index in [0.29, 0.717) is 5.02 Å². The van der Waals surface area contributed by atoms with Crippen LogP contribution in [0.4, 0.5) is 19.0 Å². The molecule has 0 radical (unpaired) electrons. The Bertz CT molecular complexity index is 326. The van der Waals surface area contributed by atoms with Crippen LogP contribution in [0.5, 0.6) is 0 Å². The molecule has 0 amide bonds. The van der Waals surface area contributed by atoms with Gasteiger partial charge in [0.25, 0.3) is 0 Å². The molecule has 0 aromatic carbocycles. The lowest BCUT2D eigenvalue weighted by atomic mass is 10.5. The van der Waals surface area contributed by atoms with Crippen LogP contribution in [-0.4, -0.2) is 17.1 Å². The third-order valence-corrected chi connectivity index (χ3v) is 1.19. The highest BCUT2D eigenvalue weighted by Gasteiger charge is 2.28. The van der Waals surface area contributed by atoms with E-state index in [-0.39, 0.29) is 5.82 Å². The number of aromatic nitrogens is 1. The van der Waals surface area contributed by atoms with E-state index in [9.17, 15) is 13.2 Å². The van der Waals surface area contributed by atoms with E-state index in [1.54, 1.807) is 6.07 Å². The maximum absolute atomic E-state index is 10.5. The predicted octanol–water partition coefficient (Wildman–Crippen LogP) is 1.72. The number of halogens is 4. The van der Waals surface area contributed by atoms with Gasteiger partial charge in [-0.3, -0.25) is 0 Å². The van der Waals surface area contributed by atoms with E-state index >= 15 is 0 Å². The zero-order chi connectivity index (χ0) is 12.1. The number of pyridine rings is 1. The summed E-state index contributed by atoms with van der Waals surface area (Å²) in [4.78, 5) is 12.4. The van der Waals surface area contributed by atoms with Crippen molar-refractivity contribution >= 4 is 23.4 Å². The first-order valence-electron chi connectivity index (χ1n) is 3.35. The number of carbonyl (C=O) groups is 1. The summed E-state index contributed by atoms with van der Waals surface area (Å²) in [5, 5.41) is 9.34. The Kier molecular flexibility index (Phi) is 4.86. The quantitative estimate of drug-likeness (QED) is 0.693. The average Bonchev–Trinajstić information content (AvgIpc) is 2.02. The van der Waals surface area contributed by atoms with Crippen molar-refractivity contribution < 1.29 is 23.1 Å². The van der Waals surface area contributed by atoms with Crippen molar-refractivity contribution in [1.82, 2.24) is 4.98 Å². The van der Waals surface area contributed by atoms with Gasteiger partial charge >= 0.3 is 6.18 Å². The number of nitrogens with zero attached hydrogens (tertiary/aromatic N) is 1. The van der Waals surface area contributed by atoms with Crippen molar-refractivity contribution in [3.05, 3.63) is 29.1 Å². The summed E-state index contributed by atoms with van der Waals surface area (Å²) in [7, 11) is 0. The molecule has 1 aromatic rings. The highest BCUT2D eigenvalue weighted by Crippen LogP contribution is 2.12. The fourth-order valence-electron chi connectivity index (χ4n) is 0.405. The molecule has 0 spiro atoms. The van der Waals surface area contributed by atoms with E-state index in [0.717, 1.165) is 0 Å². The summed E-state index contributed by atoms with van der Waals surface area (Å²) in [6, 6.07) is 3.13. The normalized spacial score (nSPS) is 10.1. The second-order valence-electron chi connectivity index (χ2n) is 2.14. The van der Waals surface area contributed by atoms with Crippen molar-refractivity contribution in [3.8, 4) is 0 Å². The minimum Gasteiger partial charge on any atom is -0.542 e. The number of carbonyl (C=O) groups excluding carboxylic acids is 1. The first kappa shape index (κ1) is 13.5. The summed E-state index contributed by atoms with van der Waals surface area (Å²) in [5.74, 6) is -2.80. The number of alkyl halides is 3. The molecule has 0 saturated heterocycles. The predicted molar refractivity (Wildman–Crippen MR) is 44.3 cm³/mol. The van der Waals surface area contributed by atoms with Gasteiger partial charge < -0.3 is 20.6 Å². The molecule has 0 bridgehead atoms. The van der Waals surface area contributed by atoms with Gasteiger partial charge in [0.1, 0.15) is 5.97 Å². The van der Waals surface area contributed by atoms with E-state index in [4.69, 9.17) is 27.2 Å². The third kappa shape index (κ3) is 6.55. The molecule has 84 valence electrons. The molecule has 0 saturated carbocycles. The number of rotatable bonds is 0. The zero-order valence-electron chi connectivity index (χ0n) is 7.01. The molecule has 0 aliphatic rings. The van der Waals surface area contributed by atoms with Crippen molar-refractivity contribution in [1.29, 1.82) is 0 Å². The number of nitrogens with one attached hydrogen (secondary N) is 1. The van der Waals surface area contributed by atoms with Gasteiger partial charge in [-0.15, -0.1) is 0 Å². The first-order valence-corrected chi connectivity index (χ1v) is 3.72. The van der Waals surface area contributed by atoms with Crippen molar-refractivity contribution in [2.24, 2.45) is 0 Å². The number of carboxylic acid groups (broad SMARTS) is 1. The summed E-state index contributed by atoms with van der Waals surface area (Å²) < 4.78 is 31.5. The Morgan fingerprint density at radius 2 is 2.00 bits per heavy atom. The molecule has 0 aliphatic heterocycles. The Labute approximate surface area is 87.5 Å². The molecule has 0 fully saturated rings. The van der Waals surface area contributed by atoms with E-state index in [2.05, 4.69) is 4.98 Å².